The van der Waals surface area contributed by atoms with Gasteiger partial charge in [-0.15, -0.1) is 0 Å². The summed E-state index contributed by atoms with van der Waals surface area (Å²) in [5, 5.41) is 12.2. The molecule has 0 spiro atoms. The molecule has 1 unspecified atom stereocenters. The fourth-order valence-electron chi connectivity index (χ4n) is 4.77. The largest absolute Gasteiger partial charge is 0.317 e. The lowest BCUT2D eigenvalue weighted by Crippen LogP contribution is -2.40. The summed E-state index contributed by atoms with van der Waals surface area (Å²) in [5.41, 5.74) is 7.32. The summed E-state index contributed by atoms with van der Waals surface area (Å²) in [4.78, 5) is 24.7. The van der Waals surface area contributed by atoms with Gasteiger partial charge in [0.25, 0.3) is 0 Å². The molecule has 1 aliphatic heterocycles. The Balaban J connectivity index is 1.50. The van der Waals surface area contributed by atoms with Crippen LogP contribution < -0.4 is 10.8 Å². The summed E-state index contributed by atoms with van der Waals surface area (Å²) >= 11 is 0. The number of rotatable bonds is 5. The van der Waals surface area contributed by atoms with E-state index in [2.05, 4.69) is 42.6 Å². The van der Waals surface area contributed by atoms with Crippen molar-refractivity contribution in [1.29, 1.82) is 0 Å². The van der Waals surface area contributed by atoms with Crippen molar-refractivity contribution in [3.63, 3.8) is 0 Å². The minimum absolute atomic E-state index is 0.168. The monoisotopic (exact) mass is 406 g/mol. The molecule has 0 radical (unpaired) electrons. The quantitative estimate of drug-likeness (QED) is 0.525. The zero-order valence-corrected chi connectivity index (χ0v) is 17.5. The van der Waals surface area contributed by atoms with Crippen LogP contribution in [0.4, 0.5) is 0 Å². The molecule has 1 aliphatic carbocycles. The Labute approximate surface area is 177 Å². The van der Waals surface area contributed by atoms with Crippen LogP contribution in [0.3, 0.4) is 0 Å². The topological polar surface area (TPSA) is 78.4 Å². The third kappa shape index (κ3) is 4.32. The van der Waals surface area contributed by atoms with Crippen molar-refractivity contribution in [2.45, 2.75) is 45.4 Å². The third-order valence-corrected chi connectivity index (χ3v) is 6.92. The summed E-state index contributed by atoms with van der Waals surface area (Å²) in [7, 11) is 0. The highest BCUT2D eigenvalue weighted by Gasteiger charge is 2.34. The van der Waals surface area contributed by atoms with Crippen LogP contribution in [0, 0.1) is 11.3 Å². The van der Waals surface area contributed by atoms with E-state index in [0.717, 1.165) is 55.5 Å². The van der Waals surface area contributed by atoms with E-state index in [1.807, 2.05) is 12.1 Å². The Hall–Kier alpha value is -2.50. The zero-order valence-electron chi connectivity index (χ0n) is 17.5. The van der Waals surface area contributed by atoms with Gasteiger partial charge in [-0.1, -0.05) is 49.4 Å². The Morgan fingerprint density at radius 1 is 1.10 bits per heavy atom. The summed E-state index contributed by atoms with van der Waals surface area (Å²) < 4.78 is 0. The molecular weight excluding hydrogens is 376 g/mol. The molecule has 2 aliphatic rings. The minimum atomic E-state index is -0.301. The maximum Gasteiger partial charge on any atom is 0.246 e. The first kappa shape index (κ1) is 20.8. The van der Waals surface area contributed by atoms with Crippen molar-refractivity contribution in [2.75, 3.05) is 13.1 Å². The van der Waals surface area contributed by atoms with Gasteiger partial charge in [0.15, 0.2) is 0 Å². The Morgan fingerprint density at radius 2 is 1.87 bits per heavy atom. The first-order valence-corrected chi connectivity index (χ1v) is 10.9. The highest BCUT2D eigenvalue weighted by atomic mass is 16.5. The molecule has 0 saturated carbocycles. The van der Waals surface area contributed by atoms with Crippen LogP contribution in [0.5, 0.6) is 0 Å². The maximum absolute atomic E-state index is 13.0. The number of Topliss-reactive ketones (excluding diaryl/α,β-unsaturated/α-hetero) is 1. The first-order valence-electron chi connectivity index (χ1n) is 10.9. The number of hydrogen-bond acceptors (Lipinski definition) is 4. The standard InChI is InChI=1S/C25H30N2O3/c1-25(9-11-26-12-10-25)23(28)14-17-3-2-4-18(13-17)19-5-6-21-16-22(24(29)27-30)8-7-20(21)15-19/h2-6,13,15,22,26,30H,7-12,14,16H2,1H3,(H,27,29). The summed E-state index contributed by atoms with van der Waals surface area (Å²) in [5.74, 6) is -0.136. The van der Waals surface area contributed by atoms with Gasteiger partial charge in [-0.2, -0.15) is 0 Å². The van der Waals surface area contributed by atoms with E-state index in [-0.39, 0.29) is 17.2 Å². The fraction of sp³-hybridized carbons (Fsp3) is 0.440. The van der Waals surface area contributed by atoms with Gasteiger partial charge in [0.2, 0.25) is 5.91 Å². The number of amides is 1. The van der Waals surface area contributed by atoms with E-state index in [0.29, 0.717) is 18.6 Å². The SMILES string of the molecule is CC1(C(=O)Cc2cccc(-c3ccc4c(c3)CCC(C(=O)NO)C4)c2)CCNCC1. The van der Waals surface area contributed by atoms with E-state index in [9.17, 15) is 9.59 Å². The molecule has 1 atom stereocenters. The number of ketones is 1. The molecule has 1 fully saturated rings. The molecule has 0 aromatic heterocycles. The summed E-state index contributed by atoms with van der Waals surface area (Å²) in [6, 6.07) is 14.7. The molecule has 158 valence electrons. The fourth-order valence-corrected chi connectivity index (χ4v) is 4.77. The number of nitrogens with one attached hydrogen (secondary N) is 2. The van der Waals surface area contributed by atoms with Crippen molar-refractivity contribution in [1.82, 2.24) is 10.8 Å². The third-order valence-electron chi connectivity index (χ3n) is 6.92. The number of aryl methyl sites for hydroxylation is 1. The average molecular weight is 407 g/mol. The second-order valence-corrected chi connectivity index (χ2v) is 9.01. The normalized spacial score (nSPS) is 20.3. The second-order valence-electron chi connectivity index (χ2n) is 9.01. The highest BCUT2D eigenvalue weighted by Crippen LogP contribution is 2.32. The smallest absolute Gasteiger partial charge is 0.246 e. The molecule has 1 amide bonds. The van der Waals surface area contributed by atoms with Gasteiger partial charge in [-0.3, -0.25) is 14.8 Å². The number of hydrogen-bond donors (Lipinski definition) is 3. The molecule has 2 aromatic rings. The van der Waals surface area contributed by atoms with Gasteiger partial charge in [0, 0.05) is 17.8 Å². The van der Waals surface area contributed by atoms with Crippen molar-refractivity contribution in [3.05, 3.63) is 59.2 Å². The van der Waals surface area contributed by atoms with Crippen LogP contribution in [-0.2, 0) is 28.9 Å². The lowest BCUT2D eigenvalue weighted by Gasteiger charge is -2.32. The molecule has 5 nitrogen and oxygen atoms in total. The molecule has 4 rings (SSSR count). The molecule has 30 heavy (non-hydrogen) atoms. The van der Waals surface area contributed by atoms with Crippen molar-refractivity contribution in [2.24, 2.45) is 11.3 Å². The summed E-state index contributed by atoms with van der Waals surface area (Å²) in [6.45, 7) is 3.93. The Bertz CT molecular complexity index is 947. The Morgan fingerprint density at radius 3 is 2.63 bits per heavy atom. The molecule has 0 bridgehead atoms. The molecule has 5 heteroatoms. The van der Waals surface area contributed by atoms with Gasteiger partial charge >= 0.3 is 0 Å². The minimum Gasteiger partial charge on any atom is -0.317 e. The van der Waals surface area contributed by atoms with Gasteiger partial charge in [-0.05, 0) is 73.0 Å². The number of hydroxylamine groups is 1. The predicted octanol–water partition coefficient (Wildman–Crippen LogP) is 3.47. The number of carbonyl (C=O) groups excluding carboxylic acids is 2. The van der Waals surface area contributed by atoms with Gasteiger partial charge < -0.3 is 5.32 Å². The highest BCUT2D eigenvalue weighted by molar-refractivity contribution is 5.87. The van der Waals surface area contributed by atoms with Gasteiger partial charge in [-0.25, -0.2) is 5.48 Å². The van der Waals surface area contributed by atoms with Crippen molar-refractivity contribution >= 4 is 11.7 Å². The van der Waals surface area contributed by atoms with Crippen LogP contribution in [0.1, 0.15) is 42.9 Å². The van der Waals surface area contributed by atoms with Crippen LogP contribution in [0.15, 0.2) is 42.5 Å². The van der Waals surface area contributed by atoms with Gasteiger partial charge in [0.1, 0.15) is 5.78 Å². The van der Waals surface area contributed by atoms with Crippen LogP contribution in [-0.4, -0.2) is 30.0 Å². The average Bonchev–Trinajstić information content (AvgIpc) is 2.78. The number of piperidine rings is 1. The lowest BCUT2D eigenvalue weighted by molar-refractivity contribution is -0.133. The van der Waals surface area contributed by atoms with Gasteiger partial charge in [0.05, 0.1) is 0 Å². The van der Waals surface area contributed by atoms with Crippen molar-refractivity contribution < 1.29 is 14.8 Å². The molecule has 1 saturated heterocycles. The maximum atomic E-state index is 13.0. The first-order chi connectivity index (χ1) is 14.5. The van der Waals surface area contributed by atoms with Crippen LogP contribution in [0.2, 0.25) is 0 Å². The van der Waals surface area contributed by atoms with E-state index in [1.165, 1.54) is 11.1 Å². The number of benzene rings is 2. The molecular formula is C25H30N2O3. The van der Waals surface area contributed by atoms with E-state index >= 15 is 0 Å². The molecule has 2 aromatic carbocycles. The lowest BCUT2D eigenvalue weighted by atomic mass is 9.75. The molecule has 3 N–H and O–H groups in total. The number of fused-ring (bicyclic) bond motifs is 1. The molecule has 1 heterocycles. The summed E-state index contributed by atoms with van der Waals surface area (Å²) in [6.07, 6.45) is 4.52. The van der Waals surface area contributed by atoms with E-state index in [1.54, 1.807) is 5.48 Å². The van der Waals surface area contributed by atoms with E-state index < -0.39 is 0 Å². The van der Waals surface area contributed by atoms with E-state index in [4.69, 9.17) is 5.21 Å². The van der Waals surface area contributed by atoms with Crippen molar-refractivity contribution in [3.8, 4) is 11.1 Å². The number of carbonyl (C=O) groups is 2. The predicted molar refractivity (Wildman–Crippen MR) is 116 cm³/mol. The zero-order chi connectivity index (χ0) is 21.1. The van der Waals surface area contributed by atoms with Crippen LogP contribution >= 0.6 is 0 Å². The Kier molecular flexibility index (Phi) is 6.02. The second kappa shape index (κ2) is 8.70. The van der Waals surface area contributed by atoms with Crippen LogP contribution in [0.25, 0.3) is 11.1 Å².